The number of aldehydes is 1. The van der Waals surface area contributed by atoms with Crippen LogP contribution in [-0.4, -0.2) is 6.29 Å². The number of rotatable bonds is 3. The zero-order valence-electron chi connectivity index (χ0n) is 8.57. The number of hydrogen-bond acceptors (Lipinski definition) is 3. The van der Waals surface area contributed by atoms with Crippen molar-refractivity contribution in [1.29, 1.82) is 0 Å². The highest BCUT2D eigenvalue weighted by molar-refractivity contribution is 7.15. The number of carbonyl (C=O) groups is 1. The van der Waals surface area contributed by atoms with Crippen molar-refractivity contribution in [2.45, 2.75) is 6.92 Å². The molecule has 1 aromatic heterocycles. The van der Waals surface area contributed by atoms with Gasteiger partial charge >= 0.3 is 0 Å². The molecule has 1 heterocycles. The first-order chi connectivity index (χ1) is 7.69. The molecule has 0 fully saturated rings. The average Bonchev–Trinajstić information content (AvgIpc) is 2.71. The molecule has 0 aliphatic heterocycles. The number of benzene rings is 1. The molecule has 82 valence electrons. The summed E-state index contributed by atoms with van der Waals surface area (Å²) in [4.78, 5) is 11.2. The molecule has 16 heavy (non-hydrogen) atoms. The van der Waals surface area contributed by atoms with Crippen molar-refractivity contribution in [2.24, 2.45) is 0 Å². The quantitative estimate of drug-likeness (QED) is 0.761. The van der Waals surface area contributed by atoms with Gasteiger partial charge in [-0.05, 0) is 36.8 Å². The van der Waals surface area contributed by atoms with Crippen LogP contribution in [-0.2, 0) is 0 Å². The van der Waals surface area contributed by atoms with E-state index in [4.69, 9.17) is 16.3 Å². The van der Waals surface area contributed by atoms with Crippen LogP contribution in [0.15, 0.2) is 30.3 Å². The van der Waals surface area contributed by atoms with E-state index in [9.17, 15) is 4.79 Å². The summed E-state index contributed by atoms with van der Waals surface area (Å²) in [5.74, 6) is 0.612. The second kappa shape index (κ2) is 4.68. The standard InChI is InChI=1S/C12H9ClO2S/c1-8-2-4-10(13)11(6-8)15-12-5-3-9(7-14)16-12/h2-7H,1H3. The Bertz CT molecular complexity index is 519. The van der Waals surface area contributed by atoms with E-state index in [2.05, 4.69) is 0 Å². The van der Waals surface area contributed by atoms with Crippen LogP contribution in [0.4, 0.5) is 0 Å². The minimum absolute atomic E-state index is 0.562. The lowest BCUT2D eigenvalue weighted by atomic mass is 10.2. The molecule has 4 heteroatoms. The van der Waals surface area contributed by atoms with Crippen LogP contribution in [0, 0.1) is 6.92 Å². The molecule has 2 nitrogen and oxygen atoms in total. The lowest BCUT2D eigenvalue weighted by molar-refractivity contribution is 0.112. The van der Waals surface area contributed by atoms with Gasteiger partial charge in [-0.2, -0.15) is 0 Å². The van der Waals surface area contributed by atoms with Crippen molar-refractivity contribution in [2.75, 3.05) is 0 Å². The van der Waals surface area contributed by atoms with Crippen molar-refractivity contribution in [3.05, 3.63) is 45.8 Å². The minimum atomic E-state index is 0.562. The van der Waals surface area contributed by atoms with E-state index < -0.39 is 0 Å². The van der Waals surface area contributed by atoms with Gasteiger partial charge in [-0.3, -0.25) is 4.79 Å². The number of carbonyl (C=O) groups excluding carboxylic acids is 1. The maximum Gasteiger partial charge on any atom is 0.181 e. The highest BCUT2D eigenvalue weighted by atomic mass is 35.5. The Balaban J connectivity index is 2.26. The largest absolute Gasteiger partial charge is 0.445 e. The molecule has 0 aliphatic carbocycles. The van der Waals surface area contributed by atoms with Gasteiger partial charge in [-0.25, -0.2) is 0 Å². The van der Waals surface area contributed by atoms with Gasteiger partial charge in [0.25, 0.3) is 0 Å². The van der Waals surface area contributed by atoms with E-state index in [1.54, 1.807) is 18.2 Å². The molecule has 0 atom stereocenters. The SMILES string of the molecule is Cc1ccc(Cl)c(Oc2ccc(C=O)s2)c1. The molecule has 0 spiro atoms. The fourth-order valence-corrected chi connectivity index (χ4v) is 2.09. The van der Waals surface area contributed by atoms with Crippen molar-refractivity contribution in [1.82, 2.24) is 0 Å². The second-order valence-electron chi connectivity index (χ2n) is 3.31. The Morgan fingerprint density at radius 3 is 2.81 bits per heavy atom. The van der Waals surface area contributed by atoms with Crippen LogP contribution < -0.4 is 4.74 Å². The Kier molecular flexibility index (Phi) is 3.27. The molecule has 2 rings (SSSR count). The fraction of sp³-hybridized carbons (Fsp3) is 0.0833. The van der Waals surface area contributed by atoms with Crippen LogP contribution >= 0.6 is 22.9 Å². The molecule has 0 amide bonds. The third-order valence-corrected chi connectivity index (χ3v) is 3.22. The van der Waals surface area contributed by atoms with Gasteiger partial charge in [0.05, 0.1) is 9.90 Å². The third-order valence-electron chi connectivity index (χ3n) is 2.02. The van der Waals surface area contributed by atoms with E-state index in [0.717, 1.165) is 11.8 Å². The van der Waals surface area contributed by atoms with Crippen molar-refractivity contribution < 1.29 is 9.53 Å². The third kappa shape index (κ3) is 2.43. The fourth-order valence-electron chi connectivity index (χ4n) is 1.25. The summed E-state index contributed by atoms with van der Waals surface area (Å²) in [5, 5.41) is 1.22. The predicted octanol–water partition coefficient (Wildman–Crippen LogP) is 4.31. The Morgan fingerprint density at radius 1 is 1.31 bits per heavy atom. The molecule has 1 aromatic carbocycles. The van der Waals surface area contributed by atoms with Gasteiger partial charge < -0.3 is 4.74 Å². The highest BCUT2D eigenvalue weighted by Gasteiger charge is 2.05. The zero-order chi connectivity index (χ0) is 11.5. The van der Waals surface area contributed by atoms with Crippen molar-refractivity contribution in [3.63, 3.8) is 0 Å². The number of thiophene rings is 1. The zero-order valence-corrected chi connectivity index (χ0v) is 10.1. The summed E-state index contributed by atoms with van der Waals surface area (Å²) < 4.78 is 5.60. The van der Waals surface area contributed by atoms with Gasteiger partial charge in [0, 0.05) is 0 Å². The summed E-state index contributed by atoms with van der Waals surface area (Å²) >= 11 is 7.29. The van der Waals surface area contributed by atoms with Gasteiger partial charge in [0.2, 0.25) is 0 Å². The molecule has 0 aliphatic rings. The maximum absolute atomic E-state index is 10.5. The lowest BCUT2D eigenvalue weighted by Crippen LogP contribution is -1.83. The molecule has 2 aromatic rings. The van der Waals surface area contributed by atoms with E-state index in [-0.39, 0.29) is 0 Å². The van der Waals surface area contributed by atoms with Gasteiger partial charge in [0.15, 0.2) is 11.3 Å². The second-order valence-corrected chi connectivity index (χ2v) is 4.80. The van der Waals surface area contributed by atoms with Crippen molar-refractivity contribution in [3.8, 4) is 10.8 Å². The van der Waals surface area contributed by atoms with Crippen LogP contribution in [0.3, 0.4) is 0 Å². The maximum atomic E-state index is 10.5. The van der Waals surface area contributed by atoms with Gasteiger partial charge in [0.1, 0.15) is 5.75 Å². The summed E-state index contributed by atoms with van der Waals surface area (Å²) in [6.07, 6.45) is 0.801. The van der Waals surface area contributed by atoms with E-state index in [1.165, 1.54) is 11.3 Å². The van der Waals surface area contributed by atoms with E-state index in [0.29, 0.717) is 20.7 Å². The first kappa shape index (κ1) is 11.2. The van der Waals surface area contributed by atoms with E-state index in [1.807, 2.05) is 19.1 Å². The van der Waals surface area contributed by atoms with Crippen LogP contribution in [0.25, 0.3) is 0 Å². The molecule has 0 unspecified atom stereocenters. The Labute approximate surface area is 102 Å². The summed E-state index contributed by atoms with van der Waals surface area (Å²) in [6.45, 7) is 1.97. The van der Waals surface area contributed by atoms with Crippen molar-refractivity contribution >= 4 is 29.2 Å². The average molecular weight is 253 g/mol. The van der Waals surface area contributed by atoms with Crippen LogP contribution in [0.2, 0.25) is 5.02 Å². The molecule has 0 bridgehead atoms. The number of halogens is 1. The molecule has 0 saturated carbocycles. The number of ether oxygens (including phenoxy) is 1. The number of hydrogen-bond donors (Lipinski definition) is 0. The lowest BCUT2D eigenvalue weighted by Gasteiger charge is -2.05. The monoisotopic (exact) mass is 252 g/mol. The summed E-state index contributed by atoms with van der Waals surface area (Å²) in [5.41, 5.74) is 1.08. The Morgan fingerprint density at radius 2 is 2.12 bits per heavy atom. The molecule has 0 N–H and O–H groups in total. The molecule has 0 saturated heterocycles. The normalized spacial score (nSPS) is 10.1. The predicted molar refractivity (Wildman–Crippen MR) is 66.0 cm³/mol. The van der Waals surface area contributed by atoms with Gasteiger partial charge in [-0.15, -0.1) is 0 Å². The topological polar surface area (TPSA) is 26.3 Å². The Hall–Kier alpha value is -1.32. The summed E-state index contributed by atoms with van der Waals surface area (Å²) in [7, 11) is 0. The van der Waals surface area contributed by atoms with Crippen LogP contribution in [0.5, 0.6) is 10.8 Å². The first-order valence-corrected chi connectivity index (χ1v) is 5.87. The number of aryl methyl sites for hydroxylation is 1. The first-order valence-electron chi connectivity index (χ1n) is 4.68. The minimum Gasteiger partial charge on any atom is -0.445 e. The molecule has 0 radical (unpaired) electrons. The smallest absolute Gasteiger partial charge is 0.181 e. The van der Waals surface area contributed by atoms with Gasteiger partial charge in [-0.1, -0.05) is 29.0 Å². The highest BCUT2D eigenvalue weighted by Crippen LogP contribution is 2.33. The molecular weight excluding hydrogens is 244 g/mol. The van der Waals surface area contributed by atoms with E-state index >= 15 is 0 Å². The van der Waals surface area contributed by atoms with Crippen LogP contribution in [0.1, 0.15) is 15.2 Å². The summed E-state index contributed by atoms with van der Waals surface area (Å²) in [6, 6.07) is 9.05. The molecular formula is C12H9ClO2S.